The minimum Gasteiger partial charge on any atom is -0.490 e. The van der Waals surface area contributed by atoms with Crippen LogP contribution in [0.15, 0.2) is 90.6 Å². The molecule has 0 aliphatic rings. The van der Waals surface area contributed by atoms with Crippen molar-refractivity contribution in [1.82, 2.24) is 5.43 Å². The molecule has 1 N–H and O–H groups in total. The highest BCUT2D eigenvalue weighted by Crippen LogP contribution is 2.16. The highest BCUT2D eigenvalue weighted by atomic mass is 35.5. The van der Waals surface area contributed by atoms with Gasteiger partial charge in [0.05, 0.1) is 11.8 Å². The van der Waals surface area contributed by atoms with Crippen LogP contribution in [-0.4, -0.2) is 24.7 Å². The Morgan fingerprint density at radius 2 is 1.68 bits per heavy atom. The van der Waals surface area contributed by atoms with Gasteiger partial charge in [0.1, 0.15) is 18.1 Å². The highest BCUT2D eigenvalue weighted by Gasteiger charge is 2.09. The van der Waals surface area contributed by atoms with Gasteiger partial charge in [-0.15, -0.1) is 0 Å². The lowest BCUT2D eigenvalue weighted by molar-refractivity contribution is 0.0734. The standard InChI is InChI=1S/C24H19ClN2O4/c1-2-14-30-21-12-8-18(9-13-21)23(28)27-26-16-17-4-3-5-22(15-17)31-24(29)19-6-10-20(25)11-7-19/h2-13,15-16H,1,14H2,(H,27,28)/b26-16+. The quantitative estimate of drug-likeness (QED) is 0.180. The topological polar surface area (TPSA) is 77.0 Å². The van der Waals surface area contributed by atoms with Crippen molar-refractivity contribution in [3.8, 4) is 11.5 Å². The van der Waals surface area contributed by atoms with Gasteiger partial charge < -0.3 is 9.47 Å². The summed E-state index contributed by atoms with van der Waals surface area (Å²) in [6, 6.07) is 19.8. The first-order valence-corrected chi connectivity index (χ1v) is 9.68. The third-order valence-electron chi connectivity index (χ3n) is 4.01. The predicted octanol–water partition coefficient (Wildman–Crippen LogP) is 4.89. The van der Waals surface area contributed by atoms with Gasteiger partial charge in [-0.05, 0) is 66.2 Å². The van der Waals surface area contributed by atoms with Gasteiger partial charge in [-0.1, -0.05) is 36.4 Å². The lowest BCUT2D eigenvalue weighted by Crippen LogP contribution is -2.17. The van der Waals surface area contributed by atoms with Crippen molar-refractivity contribution in [3.63, 3.8) is 0 Å². The van der Waals surface area contributed by atoms with Crippen LogP contribution >= 0.6 is 11.6 Å². The Labute approximate surface area is 184 Å². The molecule has 156 valence electrons. The van der Waals surface area contributed by atoms with Gasteiger partial charge in [-0.3, -0.25) is 4.79 Å². The van der Waals surface area contributed by atoms with Crippen molar-refractivity contribution in [2.75, 3.05) is 6.61 Å². The summed E-state index contributed by atoms with van der Waals surface area (Å²) in [6.07, 6.45) is 3.10. The van der Waals surface area contributed by atoms with E-state index in [1.54, 1.807) is 78.9 Å². The molecule has 7 heteroatoms. The number of carbonyl (C=O) groups is 2. The summed E-state index contributed by atoms with van der Waals surface area (Å²) in [7, 11) is 0. The maximum atomic E-state index is 12.2. The number of carbonyl (C=O) groups excluding carboxylic acids is 2. The number of benzene rings is 3. The molecule has 6 nitrogen and oxygen atoms in total. The second-order valence-electron chi connectivity index (χ2n) is 6.29. The van der Waals surface area contributed by atoms with E-state index in [1.165, 1.54) is 6.21 Å². The second kappa shape index (κ2) is 10.8. The minimum absolute atomic E-state index is 0.352. The number of esters is 1. The molecule has 0 aliphatic heterocycles. The smallest absolute Gasteiger partial charge is 0.343 e. The van der Waals surface area contributed by atoms with E-state index in [0.717, 1.165) is 0 Å². The Morgan fingerprint density at radius 1 is 0.968 bits per heavy atom. The van der Waals surface area contributed by atoms with Crippen molar-refractivity contribution in [1.29, 1.82) is 0 Å². The number of hydrogen-bond acceptors (Lipinski definition) is 5. The van der Waals surface area contributed by atoms with Crippen LogP contribution < -0.4 is 14.9 Å². The lowest BCUT2D eigenvalue weighted by atomic mass is 10.2. The fourth-order valence-electron chi connectivity index (χ4n) is 2.50. The molecule has 3 aromatic rings. The predicted molar refractivity (Wildman–Crippen MR) is 120 cm³/mol. The summed E-state index contributed by atoms with van der Waals surface area (Å²) >= 11 is 5.83. The first-order chi connectivity index (χ1) is 15.0. The number of halogens is 1. The van der Waals surface area contributed by atoms with Crippen molar-refractivity contribution >= 4 is 29.7 Å². The molecular formula is C24H19ClN2O4. The fraction of sp³-hybridized carbons (Fsp3) is 0.0417. The molecule has 0 spiro atoms. The molecule has 0 fully saturated rings. The second-order valence-corrected chi connectivity index (χ2v) is 6.73. The number of hydrogen-bond donors (Lipinski definition) is 1. The van der Waals surface area contributed by atoms with Gasteiger partial charge in [0.25, 0.3) is 5.91 Å². The van der Waals surface area contributed by atoms with E-state index in [1.807, 2.05) is 0 Å². The molecule has 0 radical (unpaired) electrons. The molecule has 31 heavy (non-hydrogen) atoms. The van der Waals surface area contributed by atoms with Crippen LogP contribution in [0.3, 0.4) is 0 Å². The van der Waals surface area contributed by atoms with Crippen LogP contribution in [0.2, 0.25) is 5.02 Å². The molecule has 0 bridgehead atoms. The number of rotatable bonds is 8. The number of hydrazone groups is 1. The molecule has 0 saturated heterocycles. The van der Waals surface area contributed by atoms with Crippen LogP contribution in [0.5, 0.6) is 11.5 Å². The maximum Gasteiger partial charge on any atom is 0.343 e. The summed E-state index contributed by atoms with van der Waals surface area (Å²) < 4.78 is 10.7. The zero-order valence-corrected chi connectivity index (χ0v) is 17.2. The third kappa shape index (κ3) is 6.55. The molecule has 0 aliphatic carbocycles. The van der Waals surface area contributed by atoms with E-state index in [9.17, 15) is 9.59 Å². The number of nitrogens with zero attached hydrogens (tertiary/aromatic N) is 1. The molecule has 0 heterocycles. The van der Waals surface area contributed by atoms with Crippen molar-refractivity contribution < 1.29 is 19.1 Å². The Hall–Kier alpha value is -3.90. The summed E-state index contributed by atoms with van der Waals surface area (Å²) in [5.74, 6) is 0.131. The highest BCUT2D eigenvalue weighted by molar-refractivity contribution is 6.30. The Morgan fingerprint density at radius 3 is 2.39 bits per heavy atom. The van der Waals surface area contributed by atoms with Crippen molar-refractivity contribution in [3.05, 3.63) is 107 Å². The minimum atomic E-state index is -0.500. The van der Waals surface area contributed by atoms with E-state index in [-0.39, 0.29) is 5.91 Å². The van der Waals surface area contributed by atoms with E-state index >= 15 is 0 Å². The van der Waals surface area contributed by atoms with Crippen LogP contribution in [0, 0.1) is 0 Å². The first kappa shape index (κ1) is 21.8. The zero-order chi connectivity index (χ0) is 22.1. The van der Waals surface area contributed by atoms with Gasteiger partial charge in [0, 0.05) is 10.6 Å². The lowest BCUT2D eigenvalue weighted by Gasteiger charge is -2.05. The largest absolute Gasteiger partial charge is 0.490 e. The number of nitrogens with one attached hydrogen (secondary N) is 1. The Kier molecular flexibility index (Phi) is 7.56. The maximum absolute atomic E-state index is 12.2. The van der Waals surface area contributed by atoms with Crippen LogP contribution in [0.1, 0.15) is 26.3 Å². The fourth-order valence-corrected chi connectivity index (χ4v) is 2.62. The summed E-state index contributed by atoms with van der Waals surface area (Å²) in [6.45, 7) is 3.98. The molecule has 3 aromatic carbocycles. The van der Waals surface area contributed by atoms with E-state index < -0.39 is 5.97 Å². The summed E-state index contributed by atoms with van der Waals surface area (Å²) in [5, 5.41) is 4.49. The first-order valence-electron chi connectivity index (χ1n) is 9.30. The van der Waals surface area contributed by atoms with E-state index in [2.05, 4.69) is 17.1 Å². The van der Waals surface area contributed by atoms with Gasteiger partial charge in [0.2, 0.25) is 0 Å². The average Bonchev–Trinajstić information content (AvgIpc) is 2.78. The van der Waals surface area contributed by atoms with Gasteiger partial charge in [-0.25, -0.2) is 10.2 Å². The Balaban J connectivity index is 1.57. The van der Waals surface area contributed by atoms with Crippen LogP contribution in [-0.2, 0) is 0 Å². The average molecular weight is 435 g/mol. The molecule has 0 unspecified atom stereocenters. The third-order valence-corrected chi connectivity index (χ3v) is 4.26. The molecule has 3 rings (SSSR count). The molecule has 0 saturated carbocycles. The van der Waals surface area contributed by atoms with Gasteiger partial charge in [0.15, 0.2) is 0 Å². The molecule has 0 aromatic heterocycles. The van der Waals surface area contributed by atoms with Gasteiger partial charge >= 0.3 is 5.97 Å². The van der Waals surface area contributed by atoms with Gasteiger partial charge in [-0.2, -0.15) is 5.10 Å². The van der Waals surface area contributed by atoms with E-state index in [4.69, 9.17) is 21.1 Å². The molecule has 1 amide bonds. The summed E-state index contributed by atoms with van der Waals surface area (Å²) in [5.41, 5.74) is 3.93. The molecule has 0 atom stereocenters. The molecular weight excluding hydrogens is 416 g/mol. The Bertz CT molecular complexity index is 1090. The summed E-state index contributed by atoms with van der Waals surface area (Å²) in [4.78, 5) is 24.4. The monoisotopic (exact) mass is 434 g/mol. The number of ether oxygens (including phenoxy) is 2. The van der Waals surface area contributed by atoms with Crippen molar-refractivity contribution in [2.45, 2.75) is 0 Å². The number of amides is 1. The zero-order valence-electron chi connectivity index (χ0n) is 16.5. The van der Waals surface area contributed by atoms with E-state index in [0.29, 0.717) is 39.8 Å². The normalized spacial score (nSPS) is 10.5. The van der Waals surface area contributed by atoms with Crippen molar-refractivity contribution in [2.24, 2.45) is 5.10 Å². The van der Waals surface area contributed by atoms with Crippen LogP contribution in [0.25, 0.3) is 0 Å². The SMILES string of the molecule is C=CCOc1ccc(C(=O)N/N=C/c2cccc(OC(=O)c3ccc(Cl)cc3)c2)cc1. The van der Waals surface area contributed by atoms with Crippen LogP contribution in [0.4, 0.5) is 0 Å².